The van der Waals surface area contributed by atoms with E-state index in [9.17, 15) is 57.8 Å². The second kappa shape index (κ2) is 27.3. The van der Waals surface area contributed by atoms with Crippen molar-refractivity contribution in [3.63, 3.8) is 0 Å². The molecule has 348 valence electrons. The van der Waals surface area contributed by atoms with Gasteiger partial charge in [-0.3, -0.25) is 53.2 Å². The van der Waals surface area contributed by atoms with Crippen LogP contribution in [0.2, 0.25) is 0 Å². The number of hydrogen-bond donors (Lipinski definition) is 13. The molecule has 0 aromatic rings. The number of rotatable bonds is 30. The first kappa shape index (κ1) is 52.4. The fraction of sp³-hybridized carbons (Fsp3) is 0.703. The number of primary amides is 2. The molecule has 25 heteroatoms. The van der Waals surface area contributed by atoms with Crippen molar-refractivity contribution >= 4 is 76.9 Å². The number of aliphatic carboxylic acids is 1. The number of carboxylic acids is 1. The van der Waals surface area contributed by atoms with E-state index in [2.05, 4.69) is 42.5 Å². The number of carbonyl (C=O) groups excluding carboxylic acids is 10. The van der Waals surface area contributed by atoms with Crippen molar-refractivity contribution in [1.29, 1.82) is 0 Å². The summed E-state index contributed by atoms with van der Waals surface area (Å²) >= 11 is 1.82. The molecule has 0 aromatic carbocycles. The molecule has 0 radical (unpaired) electrons. The smallest absolute Gasteiger partial charge is 0.315 e. The number of unbranched alkanes of at least 4 members (excludes halogenated alkanes) is 2. The Bertz CT molecular complexity index is 1640. The average Bonchev–Trinajstić information content (AvgIpc) is 3.76. The minimum absolute atomic E-state index is 0.0961. The maximum atomic E-state index is 13.2. The minimum Gasteiger partial charge on any atom is -0.481 e. The van der Waals surface area contributed by atoms with E-state index in [1.807, 2.05) is 11.8 Å². The standard InChI is InChI=1S/C37H61N11O13S/c1-19(2)13-20(14-28(51)48-61)34(57)44-22(10-11-26(38)49)36(59)45-23(15-31(54)55)35(58)42-16-29(52)41-17-30(53)43-21(33(39)56)7-5-6-12-40-27(50)9-4-3-8-25-32-24(18-62-25)46-37(60)47-32/h19-25,32,61H,3-18H2,1-2H3,(H2,38,49)(H2,39,56)(H,40,50)(H,41,52)(H,42,58)(H,43,53)(H,44,57)(H,45,59)(H,48,51)(H,54,55)(H2,46,47,60)/t20?,21-,22-,23-,24-,25-,32-/m0/s1. The van der Waals surface area contributed by atoms with E-state index < -0.39 is 110 Å². The molecule has 0 aliphatic carbocycles. The molecule has 2 saturated heterocycles. The zero-order valence-corrected chi connectivity index (χ0v) is 35.7. The number of fused-ring (bicyclic) bond motifs is 1. The highest BCUT2D eigenvalue weighted by Crippen LogP contribution is 2.33. The van der Waals surface area contributed by atoms with Crippen molar-refractivity contribution in [2.45, 2.75) is 126 Å². The third-order valence-electron chi connectivity index (χ3n) is 9.88. The van der Waals surface area contributed by atoms with Crippen molar-refractivity contribution < 1.29 is 63.1 Å². The Hall–Kier alpha value is -5.72. The summed E-state index contributed by atoms with van der Waals surface area (Å²) in [5.41, 5.74) is 12.1. The molecule has 2 aliphatic heterocycles. The van der Waals surface area contributed by atoms with E-state index in [1.165, 1.54) is 5.48 Å². The molecule has 11 amide bonds. The molecular weight excluding hydrogens is 839 g/mol. The van der Waals surface area contributed by atoms with E-state index >= 15 is 0 Å². The Morgan fingerprint density at radius 3 is 2.06 bits per heavy atom. The number of amides is 11. The first-order valence-electron chi connectivity index (χ1n) is 20.4. The quantitative estimate of drug-likeness (QED) is 0.0144. The number of hydroxylamine groups is 1. The molecule has 1 unspecified atom stereocenters. The Morgan fingerprint density at radius 2 is 1.42 bits per heavy atom. The summed E-state index contributed by atoms with van der Waals surface area (Å²) in [6.45, 7) is 2.47. The molecule has 2 rings (SSSR count). The summed E-state index contributed by atoms with van der Waals surface area (Å²) in [5.74, 6) is -9.11. The van der Waals surface area contributed by atoms with Gasteiger partial charge in [0.2, 0.25) is 53.2 Å². The van der Waals surface area contributed by atoms with Crippen LogP contribution in [0, 0.1) is 11.8 Å². The Kier molecular flexibility index (Phi) is 23.1. The van der Waals surface area contributed by atoms with Gasteiger partial charge >= 0.3 is 12.0 Å². The summed E-state index contributed by atoms with van der Waals surface area (Å²) in [5, 5.41) is 38.6. The third kappa shape index (κ3) is 20.2. The van der Waals surface area contributed by atoms with Crippen LogP contribution in [0.1, 0.15) is 90.9 Å². The third-order valence-corrected chi connectivity index (χ3v) is 11.4. The van der Waals surface area contributed by atoms with Gasteiger partial charge in [-0.25, -0.2) is 10.3 Å². The van der Waals surface area contributed by atoms with Gasteiger partial charge in [0.15, 0.2) is 0 Å². The normalized spacial score (nSPS) is 18.3. The molecule has 2 fully saturated rings. The van der Waals surface area contributed by atoms with Crippen molar-refractivity contribution in [3.05, 3.63) is 0 Å². The molecule has 15 N–H and O–H groups in total. The number of nitrogens with one attached hydrogen (secondary N) is 9. The highest BCUT2D eigenvalue weighted by atomic mass is 32.2. The molecule has 2 heterocycles. The van der Waals surface area contributed by atoms with Crippen LogP contribution >= 0.6 is 11.8 Å². The molecule has 7 atom stereocenters. The highest BCUT2D eigenvalue weighted by molar-refractivity contribution is 8.00. The average molecular weight is 900 g/mol. The molecular formula is C37H61N11O13S. The fourth-order valence-corrected chi connectivity index (χ4v) is 8.29. The van der Waals surface area contributed by atoms with Crippen LogP contribution in [-0.2, 0) is 47.9 Å². The number of thioether (sulfide) groups is 1. The maximum absolute atomic E-state index is 13.2. The maximum Gasteiger partial charge on any atom is 0.315 e. The SMILES string of the molecule is CC(C)CC(CC(=O)NO)C(=O)N[C@@H](CCC(N)=O)C(=O)N[C@@H](CC(=O)O)C(=O)NCC(=O)NCC(=O)N[C@@H](CCCCNC(=O)CCCC[C@@H]1SC[C@@H]2NC(=O)N[C@@H]21)C(N)=O. The van der Waals surface area contributed by atoms with E-state index in [1.54, 1.807) is 13.8 Å². The lowest BCUT2D eigenvalue weighted by Gasteiger charge is -2.24. The topological polar surface area (TPSA) is 389 Å². The summed E-state index contributed by atoms with van der Waals surface area (Å²) in [7, 11) is 0. The monoisotopic (exact) mass is 899 g/mol. The Morgan fingerprint density at radius 1 is 0.726 bits per heavy atom. The Labute approximate surface area is 362 Å². The summed E-state index contributed by atoms with van der Waals surface area (Å²) < 4.78 is 0. The first-order valence-corrected chi connectivity index (χ1v) is 21.5. The number of carbonyl (C=O) groups is 11. The van der Waals surface area contributed by atoms with Crippen molar-refractivity contribution in [1.82, 2.24) is 48.0 Å². The lowest BCUT2D eigenvalue weighted by atomic mass is 9.92. The molecule has 2 aliphatic rings. The van der Waals surface area contributed by atoms with Crippen LogP contribution in [0.25, 0.3) is 0 Å². The number of urea groups is 1. The van der Waals surface area contributed by atoms with Crippen LogP contribution in [-0.4, -0.2) is 136 Å². The van der Waals surface area contributed by atoms with Crippen LogP contribution in [0.4, 0.5) is 4.79 Å². The lowest BCUT2D eigenvalue weighted by Crippen LogP contribution is -2.56. The van der Waals surface area contributed by atoms with E-state index in [-0.39, 0.29) is 49.2 Å². The summed E-state index contributed by atoms with van der Waals surface area (Å²) in [6, 6.07) is -4.25. The molecule has 24 nitrogen and oxygen atoms in total. The van der Waals surface area contributed by atoms with Gasteiger partial charge in [-0.05, 0) is 50.9 Å². The number of hydrogen-bond acceptors (Lipinski definition) is 13. The molecule has 0 aromatic heterocycles. The largest absolute Gasteiger partial charge is 0.481 e. The van der Waals surface area contributed by atoms with Crippen LogP contribution in [0.15, 0.2) is 0 Å². The van der Waals surface area contributed by atoms with Gasteiger partial charge in [0, 0.05) is 42.7 Å². The number of nitrogens with two attached hydrogens (primary N) is 2. The van der Waals surface area contributed by atoms with E-state index in [0.717, 1.165) is 18.6 Å². The van der Waals surface area contributed by atoms with E-state index in [0.29, 0.717) is 37.5 Å². The zero-order chi connectivity index (χ0) is 46.4. The van der Waals surface area contributed by atoms with Gasteiger partial charge in [0.1, 0.15) is 18.1 Å². The molecule has 0 spiro atoms. The van der Waals surface area contributed by atoms with Crippen LogP contribution < -0.4 is 59.5 Å². The zero-order valence-electron chi connectivity index (χ0n) is 34.9. The second-order valence-electron chi connectivity index (χ2n) is 15.5. The Balaban J connectivity index is 1.77. The van der Waals surface area contributed by atoms with Crippen LogP contribution in [0.5, 0.6) is 0 Å². The first-order chi connectivity index (χ1) is 29.3. The van der Waals surface area contributed by atoms with Gasteiger partial charge in [-0.2, -0.15) is 11.8 Å². The second-order valence-corrected chi connectivity index (χ2v) is 16.8. The minimum atomic E-state index is -1.78. The van der Waals surface area contributed by atoms with Gasteiger partial charge in [-0.1, -0.05) is 20.3 Å². The van der Waals surface area contributed by atoms with Gasteiger partial charge in [0.05, 0.1) is 31.6 Å². The van der Waals surface area contributed by atoms with Gasteiger partial charge < -0.3 is 59.1 Å². The van der Waals surface area contributed by atoms with Crippen LogP contribution in [0.3, 0.4) is 0 Å². The van der Waals surface area contributed by atoms with Crippen molar-refractivity contribution in [2.24, 2.45) is 23.3 Å². The van der Waals surface area contributed by atoms with Gasteiger partial charge in [0.25, 0.3) is 0 Å². The number of carboxylic acid groups (broad SMARTS) is 1. The predicted molar refractivity (Wildman–Crippen MR) is 220 cm³/mol. The highest BCUT2D eigenvalue weighted by Gasteiger charge is 2.42. The van der Waals surface area contributed by atoms with Crippen molar-refractivity contribution in [3.8, 4) is 0 Å². The van der Waals surface area contributed by atoms with E-state index in [4.69, 9.17) is 16.7 Å². The fourth-order valence-electron chi connectivity index (χ4n) is 6.75. The summed E-state index contributed by atoms with van der Waals surface area (Å²) in [4.78, 5) is 135. The summed E-state index contributed by atoms with van der Waals surface area (Å²) in [6.07, 6.45) is 1.84. The molecule has 62 heavy (non-hydrogen) atoms. The van der Waals surface area contributed by atoms with Crippen molar-refractivity contribution in [2.75, 3.05) is 25.4 Å². The molecule has 0 saturated carbocycles. The lowest BCUT2D eigenvalue weighted by molar-refractivity contribution is -0.141. The predicted octanol–water partition coefficient (Wildman–Crippen LogP) is -3.53. The van der Waals surface area contributed by atoms with Gasteiger partial charge in [-0.15, -0.1) is 0 Å². The molecule has 0 bridgehead atoms.